The molecule has 0 bridgehead atoms. The lowest BCUT2D eigenvalue weighted by Gasteiger charge is -2.33. The number of sulfonamides is 1. The highest BCUT2D eigenvalue weighted by atomic mass is 35.5. The van der Waals surface area contributed by atoms with Crippen molar-refractivity contribution in [2.45, 2.75) is 51.1 Å². The van der Waals surface area contributed by atoms with Gasteiger partial charge in [0.1, 0.15) is 18.3 Å². The number of carbonyl (C=O) groups is 2. The molecule has 0 spiro atoms. The van der Waals surface area contributed by atoms with Crippen LogP contribution in [0.25, 0.3) is 0 Å². The van der Waals surface area contributed by atoms with Gasteiger partial charge in [-0.05, 0) is 73.9 Å². The van der Waals surface area contributed by atoms with Gasteiger partial charge in [-0.25, -0.2) is 8.42 Å². The topological polar surface area (TPSA) is 96.0 Å². The highest BCUT2D eigenvalue weighted by Crippen LogP contribution is 2.27. The van der Waals surface area contributed by atoms with E-state index >= 15 is 0 Å². The van der Waals surface area contributed by atoms with Crippen molar-refractivity contribution in [3.05, 3.63) is 88.4 Å². The number of hydrogen-bond acceptors (Lipinski definition) is 5. The molecule has 1 N–H and O–H groups in total. The first-order valence-corrected chi connectivity index (χ1v) is 15.6. The van der Waals surface area contributed by atoms with E-state index < -0.39 is 28.5 Å². The fourth-order valence-corrected chi connectivity index (χ4v) is 5.98. The van der Waals surface area contributed by atoms with Crippen LogP contribution < -0.4 is 14.4 Å². The third-order valence-corrected chi connectivity index (χ3v) is 8.84. The molecule has 0 aliphatic rings. The quantitative estimate of drug-likeness (QED) is 0.242. The van der Waals surface area contributed by atoms with Gasteiger partial charge in [-0.2, -0.15) is 0 Å². The van der Waals surface area contributed by atoms with E-state index in [9.17, 15) is 18.0 Å². The van der Waals surface area contributed by atoms with Crippen LogP contribution in [0.3, 0.4) is 0 Å². The second-order valence-corrected chi connectivity index (χ2v) is 11.9. The number of halogens is 2. The Balaban J connectivity index is 2.03. The normalized spacial score (nSPS) is 11.9. The van der Waals surface area contributed by atoms with Crippen LogP contribution in [0.2, 0.25) is 10.0 Å². The summed E-state index contributed by atoms with van der Waals surface area (Å²) in [6.07, 6.45) is 1.05. The fraction of sp³-hybridized carbons (Fsp3) is 0.333. The highest BCUT2D eigenvalue weighted by molar-refractivity contribution is 7.92. The summed E-state index contributed by atoms with van der Waals surface area (Å²) in [5.74, 6) is -0.332. The number of hydrogen-bond donors (Lipinski definition) is 1. The number of benzene rings is 3. The van der Waals surface area contributed by atoms with Gasteiger partial charge in [-0.1, -0.05) is 61.3 Å². The summed E-state index contributed by atoms with van der Waals surface area (Å²) in [7, 11) is -4.18. The Morgan fingerprint density at radius 1 is 0.927 bits per heavy atom. The molecule has 0 heterocycles. The number of nitrogens with one attached hydrogen (secondary N) is 1. The van der Waals surface area contributed by atoms with Crippen LogP contribution in [0.1, 0.15) is 39.2 Å². The summed E-state index contributed by atoms with van der Waals surface area (Å²) in [6, 6.07) is 18.6. The lowest BCUT2D eigenvalue weighted by Crippen LogP contribution is -2.52. The molecular formula is C30H35Cl2N3O5S. The first-order chi connectivity index (χ1) is 19.6. The first-order valence-electron chi connectivity index (χ1n) is 13.4. The monoisotopic (exact) mass is 619 g/mol. The Bertz CT molecular complexity index is 1420. The first kappa shape index (κ1) is 32.2. The molecule has 0 aromatic heterocycles. The predicted octanol–water partition coefficient (Wildman–Crippen LogP) is 5.92. The molecule has 41 heavy (non-hydrogen) atoms. The minimum atomic E-state index is -4.18. The highest BCUT2D eigenvalue weighted by Gasteiger charge is 2.33. The molecule has 3 aromatic rings. The Morgan fingerprint density at radius 3 is 2.20 bits per heavy atom. The molecule has 2 amide bonds. The minimum absolute atomic E-state index is 0.00127. The van der Waals surface area contributed by atoms with E-state index in [2.05, 4.69) is 5.32 Å². The van der Waals surface area contributed by atoms with Gasteiger partial charge in [0.15, 0.2) is 0 Å². The van der Waals surface area contributed by atoms with Crippen molar-refractivity contribution < 1.29 is 22.7 Å². The molecule has 0 radical (unpaired) electrons. The molecule has 8 nitrogen and oxygen atoms in total. The zero-order chi connectivity index (χ0) is 30.0. The van der Waals surface area contributed by atoms with Crippen molar-refractivity contribution in [1.82, 2.24) is 10.2 Å². The van der Waals surface area contributed by atoms with Crippen LogP contribution in [0.15, 0.2) is 77.7 Å². The molecule has 1 atom stereocenters. The maximum atomic E-state index is 14.0. The lowest BCUT2D eigenvalue weighted by atomic mass is 10.1. The molecule has 0 unspecified atom stereocenters. The number of anilines is 1. The van der Waals surface area contributed by atoms with E-state index in [1.807, 2.05) is 13.8 Å². The third kappa shape index (κ3) is 8.38. The molecular weight excluding hydrogens is 585 g/mol. The van der Waals surface area contributed by atoms with Crippen LogP contribution in [0.5, 0.6) is 5.75 Å². The third-order valence-electron chi connectivity index (χ3n) is 6.32. The molecule has 0 aliphatic carbocycles. The number of nitrogens with zero attached hydrogens (tertiary/aromatic N) is 2. The largest absolute Gasteiger partial charge is 0.494 e. The molecule has 3 aromatic carbocycles. The Morgan fingerprint density at radius 2 is 1.61 bits per heavy atom. The van der Waals surface area contributed by atoms with E-state index in [0.29, 0.717) is 46.6 Å². The van der Waals surface area contributed by atoms with Gasteiger partial charge < -0.3 is 15.0 Å². The van der Waals surface area contributed by atoms with E-state index in [1.54, 1.807) is 67.6 Å². The lowest BCUT2D eigenvalue weighted by molar-refractivity contribution is -0.140. The molecule has 0 saturated heterocycles. The van der Waals surface area contributed by atoms with E-state index in [-0.39, 0.29) is 17.3 Å². The van der Waals surface area contributed by atoms with Crippen LogP contribution in [-0.4, -0.2) is 50.9 Å². The smallest absolute Gasteiger partial charge is 0.264 e. The van der Waals surface area contributed by atoms with Gasteiger partial charge in [-0.15, -0.1) is 0 Å². The summed E-state index contributed by atoms with van der Waals surface area (Å²) < 4.78 is 34.3. The van der Waals surface area contributed by atoms with Crippen LogP contribution in [0, 0.1) is 0 Å². The SMILES string of the molecule is CCCNC(=O)[C@@H](CC)N(Cc1ccc(Cl)c(Cl)c1)C(=O)CN(c1ccccc1)S(=O)(=O)c1ccc(OCC)cc1. The molecule has 0 fully saturated rings. The van der Waals surface area contributed by atoms with Crippen molar-refractivity contribution in [1.29, 1.82) is 0 Å². The fourth-order valence-electron chi connectivity index (χ4n) is 4.24. The van der Waals surface area contributed by atoms with Gasteiger partial charge in [0.2, 0.25) is 11.8 Å². The molecule has 0 saturated carbocycles. The molecule has 3 rings (SSSR count). The zero-order valence-electron chi connectivity index (χ0n) is 23.3. The summed E-state index contributed by atoms with van der Waals surface area (Å²) in [4.78, 5) is 28.6. The number of carbonyl (C=O) groups excluding carboxylic acids is 2. The molecule has 11 heteroatoms. The van der Waals surface area contributed by atoms with Gasteiger partial charge in [0.05, 0.1) is 27.2 Å². The summed E-state index contributed by atoms with van der Waals surface area (Å²) in [6.45, 7) is 5.96. The maximum absolute atomic E-state index is 14.0. The summed E-state index contributed by atoms with van der Waals surface area (Å²) in [5, 5.41) is 3.53. The minimum Gasteiger partial charge on any atom is -0.494 e. The Hall–Kier alpha value is -3.27. The van der Waals surface area contributed by atoms with Crippen molar-refractivity contribution in [2.24, 2.45) is 0 Å². The number of rotatable bonds is 14. The Kier molecular flexibility index (Phi) is 11.9. The standard InChI is InChI=1S/C30H35Cl2N3O5S/c1-4-18-33-30(37)28(5-2)34(20-22-12-17-26(31)27(32)19-22)29(36)21-35(23-10-8-7-9-11-23)41(38,39)25-15-13-24(14-16-25)40-6-3/h7-17,19,28H,4-6,18,20-21H2,1-3H3,(H,33,37)/t28-/m1/s1. The summed E-state index contributed by atoms with van der Waals surface area (Å²) >= 11 is 12.3. The van der Waals surface area contributed by atoms with Crippen molar-refractivity contribution >= 4 is 50.7 Å². The van der Waals surface area contributed by atoms with Gasteiger partial charge in [0.25, 0.3) is 10.0 Å². The van der Waals surface area contributed by atoms with Crippen LogP contribution in [0.4, 0.5) is 5.69 Å². The summed E-state index contributed by atoms with van der Waals surface area (Å²) in [5.41, 5.74) is 0.961. The number of amides is 2. The molecule has 0 aliphatic heterocycles. The maximum Gasteiger partial charge on any atom is 0.264 e. The van der Waals surface area contributed by atoms with Crippen molar-refractivity contribution in [3.8, 4) is 5.75 Å². The number of ether oxygens (including phenoxy) is 1. The average Bonchev–Trinajstić information content (AvgIpc) is 2.97. The van der Waals surface area contributed by atoms with Crippen molar-refractivity contribution in [2.75, 3.05) is 24.0 Å². The average molecular weight is 621 g/mol. The van der Waals surface area contributed by atoms with Crippen LogP contribution >= 0.6 is 23.2 Å². The van der Waals surface area contributed by atoms with Gasteiger partial charge in [-0.3, -0.25) is 13.9 Å². The second kappa shape index (κ2) is 15.1. The zero-order valence-corrected chi connectivity index (χ0v) is 25.7. The number of para-hydroxylation sites is 1. The van der Waals surface area contributed by atoms with Crippen molar-refractivity contribution in [3.63, 3.8) is 0 Å². The molecule has 220 valence electrons. The van der Waals surface area contributed by atoms with Gasteiger partial charge in [0, 0.05) is 13.1 Å². The van der Waals surface area contributed by atoms with E-state index in [4.69, 9.17) is 27.9 Å². The van der Waals surface area contributed by atoms with Gasteiger partial charge >= 0.3 is 0 Å². The van der Waals surface area contributed by atoms with E-state index in [0.717, 1.165) is 10.7 Å². The van der Waals surface area contributed by atoms with Crippen LogP contribution in [-0.2, 0) is 26.2 Å². The second-order valence-electron chi connectivity index (χ2n) is 9.24. The van der Waals surface area contributed by atoms with E-state index in [1.165, 1.54) is 17.0 Å². The Labute approximate surface area is 252 Å². The predicted molar refractivity (Wildman–Crippen MR) is 163 cm³/mol.